The van der Waals surface area contributed by atoms with Gasteiger partial charge in [-0.25, -0.2) is 4.39 Å². The van der Waals surface area contributed by atoms with Crippen LogP contribution >= 0.6 is 0 Å². The Morgan fingerprint density at radius 2 is 2.00 bits per heavy atom. The highest BCUT2D eigenvalue weighted by Gasteiger charge is 2.20. The van der Waals surface area contributed by atoms with Crippen molar-refractivity contribution in [2.24, 2.45) is 7.05 Å². The van der Waals surface area contributed by atoms with Crippen LogP contribution < -0.4 is 5.73 Å². The molecule has 0 aliphatic rings. The molecule has 3 aromatic rings. The molecule has 0 aliphatic carbocycles. The maximum atomic E-state index is 14.3. The lowest BCUT2D eigenvalue weighted by molar-refractivity contribution is 0.629. The standard InChI is InChI=1S/C16H15FN4/c1-10-6-7-11(12(17)9-10)15-14(16(18)21(2)20-15)13-5-3-4-8-19-13/h3-9H,18H2,1-2H3. The number of anilines is 1. The first-order valence-electron chi connectivity index (χ1n) is 6.58. The van der Waals surface area contributed by atoms with E-state index in [9.17, 15) is 4.39 Å². The van der Waals surface area contributed by atoms with Crippen LogP contribution in [0.5, 0.6) is 0 Å². The molecule has 3 rings (SSSR count). The first-order valence-corrected chi connectivity index (χ1v) is 6.58. The summed E-state index contributed by atoms with van der Waals surface area (Å²) in [4.78, 5) is 4.30. The highest BCUT2D eigenvalue weighted by molar-refractivity contribution is 5.86. The van der Waals surface area contributed by atoms with Crippen LogP contribution in [0.2, 0.25) is 0 Å². The van der Waals surface area contributed by atoms with Crippen LogP contribution in [0.4, 0.5) is 10.2 Å². The van der Waals surface area contributed by atoms with E-state index in [4.69, 9.17) is 5.73 Å². The Morgan fingerprint density at radius 1 is 1.19 bits per heavy atom. The summed E-state index contributed by atoms with van der Waals surface area (Å²) in [7, 11) is 1.73. The molecule has 106 valence electrons. The third-order valence-corrected chi connectivity index (χ3v) is 3.39. The van der Waals surface area contributed by atoms with Crippen molar-refractivity contribution in [2.75, 3.05) is 5.73 Å². The Labute approximate surface area is 122 Å². The van der Waals surface area contributed by atoms with Gasteiger partial charge in [-0.15, -0.1) is 0 Å². The number of nitrogens with two attached hydrogens (primary N) is 1. The molecular formula is C16H15FN4. The van der Waals surface area contributed by atoms with Gasteiger partial charge in [0.2, 0.25) is 0 Å². The summed E-state index contributed by atoms with van der Waals surface area (Å²) in [6.45, 7) is 1.85. The number of benzene rings is 1. The number of aromatic nitrogens is 3. The Balaban J connectivity index is 2.27. The van der Waals surface area contributed by atoms with Crippen LogP contribution in [0.1, 0.15) is 5.56 Å². The van der Waals surface area contributed by atoms with Crippen LogP contribution in [0.15, 0.2) is 42.6 Å². The SMILES string of the molecule is Cc1ccc(-c2nn(C)c(N)c2-c2ccccn2)c(F)c1. The van der Waals surface area contributed by atoms with Gasteiger partial charge in [-0.3, -0.25) is 9.67 Å². The monoisotopic (exact) mass is 282 g/mol. The zero-order valence-corrected chi connectivity index (χ0v) is 11.8. The van der Waals surface area contributed by atoms with E-state index in [-0.39, 0.29) is 5.82 Å². The normalized spacial score (nSPS) is 10.8. The fourth-order valence-corrected chi connectivity index (χ4v) is 2.30. The summed E-state index contributed by atoms with van der Waals surface area (Å²) in [5.41, 5.74) is 9.21. The van der Waals surface area contributed by atoms with Gasteiger partial charge in [0.1, 0.15) is 17.3 Å². The van der Waals surface area contributed by atoms with E-state index >= 15 is 0 Å². The van der Waals surface area contributed by atoms with Crippen LogP contribution in [-0.2, 0) is 7.05 Å². The fraction of sp³-hybridized carbons (Fsp3) is 0.125. The van der Waals surface area contributed by atoms with Crippen molar-refractivity contribution < 1.29 is 4.39 Å². The second kappa shape index (κ2) is 5.01. The average Bonchev–Trinajstić information content (AvgIpc) is 2.75. The number of nitrogens with zero attached hydrogens (tertiary/aromatic N) is 3. The molecule has 21 heavy (non-hydrogen) atoms. The molecule has 1 aromatic carbocycles. The van der Waals surface area contributed by atoms with E-state index in [2.05, 4.69) is 10.1 Å². The van der Waals surface area contributed by atoms with E-state index in [1.165, 1.54) is 6.07 Å². The maximum absolute atomic E-state index is 14.3. The molecule has 5 heteroatoms. The van der Waals surface area contributed by atoms with Gasteiger partial charge in [0.15, 0.2) is 0 Å². The van der Waals surface area contributed by atoms with E-state index in [0.717, 1.165) is 5.56 Å². The summed E-state index contributed by atoms with van der Waals surface area (Å²) in [5, 5.41) is 4.36. The zero-order valence-electron chi connectivity index (χ0n) is 11.8. The maximum Gasteiger partial charge on any atom is 0.132 e. The molecule has 0 spiro atoms. The second-order valence-corrected chi connectivity index (χ2v) is 4.93. The molecule has 0 bridgehead atoms. The first kappa shape index (κ1) is 13.3. The largest absolute Gasteiger partial charge is 0.383 e. The molecule has 0 amide bonds. The molecule has 4 nitrogen and oxygen atoms in total. The van der Waals surface area contributed by atoms with Crippen molar-refractivity contribution in [1.29, 1.82) is 0 Å². The predicted molar refractivity (Wildman–Crippen MR) is 81.0 cm³/mol. The summed E-state index contributed by atoms with van der Waals surface area (Å²) < 4.78 is 15.8. The van der Waals surface area contributed by atoms with Crippen LogP contribution in [0.3, 0.4) is 0 Å². The number of aryl methyl sites for hydroxylation is 2. The topological polar surface area (TPSA) is 56.7 Å². The molecule has 0 unspecified atom stereocenters. The van der Waals surface area contributed by atoms with E-state index in [0.29, 0.717) is 28.3 Å². The number of hydrogen-bond acceptors (Lipinski definition) is 3. The van der Waals surface area contributed by atoms with Crippen molar-refractivity contribution in [3.05, 3.63) is 54.0 Å². The molecule has 2 aromatic heterocycles. The number of nitrogen functional groups attached to an aromatic ring is 1. The molecule has 0 radical (unpaired) electrons. The quantitative estimate of drug-likeness (QED) is 0.785. The third-order valence-electron chi connectivity index (χ3n) is 3.39. The Kier molecular flexibility index (Phi) is 3.17. The predicted octanol–water partition coefficient (Wildman–Crippen LogP) is 3.18. The van der Waals surface area contributed by atoms with Crippen molar-refractivity contribution in [1.82, 2.24) is 14.8 Å². The Hall–Kier alpha value is -2.69. The van der Waals surface area contributed by atoms with Gasteiger partial charge in [-0.05, 0) is 36.8 Å². The van der Waals surface area contributed by atoms with Crippen LogP contribution in [0.25, 0.3) is 22.5 Å². The molecule has 2 heterocycles. The van der Waals surface area contributed by atoms with E-state index in [1.54, 1.807) is 24.0 Å². The van der Waals surface area contributed by atoms with Gasteiger partial charge < -0.3 is 5.73 Å². The zero-order chi connectivity index (χ0) is 15.0. The molecular weight excluding hydrogens is 267 g/mol. The molecule has 0 saturated carbocycles. The van der Waals surface area contributed by atoms with Crippen molar-refractivity contribution in [3.63, 3.8) is 0 Å². The van der Waals surface area contributed by atoms with Crippen LogP contribution in [-0.4, -0.2) is 14.8 Å². The molecule has 0 aliphatic heterocycles. The van der Waals surface area contributed by atoms with Crippen molar-refractivity contribution in [3.8, 4) is 22.5 Å². The summed E-state index contributed by atoms with van der Waals surface area (Å²) in [6.07, 6.45) is 1.68. The summed E-state index contributed by atoms with van der Waals surface area (Å²) >= 11 is 0. The summed E-state index contributed by atoms with van der Waals surface area (Å²) in [6, 6.07) is 10.6. The van der Waals surface area contributed by atoms with Gasteiger partial charge in [-0.1, -0.05) is 12.1 Å². The average molecular weight is 282 g/mol. The second-order valence-electron chi connectivity index (χ2n) is 4.93. The van der Waals surface area contributed by atoms with Crippen molar-refractivity contribution >= 4 is 5.82 Å². The lowest BCUT2D eigenvalue weighted by Gasteiger charge is -2.05. The minimum absolute atomic E-state index is 0.315. The van der Waals surface area contributed by atoms with E-state index in [1.807, 2.05) is 31.2 Å². The first-order chi connectivity index (χ1) is 10.1. The number of rotatable bonds is 2. The Bertz CT molecular complexity index is 794. The molecule has 0 atom stereocenters. The smallest absolute Gasteiger partial charge is 0.132 e. The van der Waals surface area contributed by atoms with Gasteiger partial charge in [0, 0.05) is 18.8 Å². The van der Waals surface area contributed by atoms with E-state index < -0.39 is 0 Å². The number of halogens is 1. The highest BCUT2D eigenvalue weighted by atomic mass is 19.1. The minimum Gasteiger partial charge on any atom is -0.383 e. The number of pyridine rings is 1. The highest BCUT2D eigenvalue weighted by Crippen LogP contribution is 2.35. The van der Waals surface area contributed by atoms with Gasteiger partial charge in [0.25, 0.3) is 0 Å². The molecule has 0 saturated heterocycles. The van der Waals surface area contributed by atoms with Crippen LogP contribution in [0, 0.1) is 12.7 Å². The van der Waals surface area contributed by atoms with Gasteiger partial charge >= 0.3 is 0 Å². The van der Waals surface area contributed by atoms with Gasteiger partial charge in [-0.2, -0.15) is 5.10 Å². The lowest BCUT2D eigenvalue weighted by atomic mass is 10.0. The van der Waals surface area contributed by atoms with Gasteiger partial charge in [0.05, 0.1) is 11.3 Å². The molecule has 0 fully saturated rings. The van der Waals surface area contributed by atoms with Crippen molar-refractivity contribution in [2.45, 2.75) is 6.92 Å². The molecule has 2 N–H and O–H groups in total. The number of hydrogen-bond donors (Lipinski definition) is 1. The summed E-state index contributed by atoms with van der Waals surface area (Å²) in [5.74, 6) is 0.147. The third kappa shape index (κ3) is 2.27. The fourth-order valence-electron chi connectivity index (χ4n) is 2.30. The minimum atomic E-state index is -0.315. The Morgan fingerprint density at radius 3 is 2.67 bits per heavy atom. The lowest BCUT2D eigenvalue weighted by Crippen LogP contribution is -1.98.